The van der Waals surface area contributed by atoms with Gasteiger partial charge in [0.25, 0.3) is 0 Å². The Balaban J connectivity index is 2.45. The van der Waals surface area contributed by atoms with Gasteiger partial charge < -0.3 is 15.2 Å². The van der Waals surface area contributed by atoms with Crippen molar-refractivity contribution in [3.8, 4) is 5.75 Å². The van der Waals surface area contributed by atoms with Gasteiger partial charge in [-0.05, 0) is 31.0 Å². The Morgan fingerprint density at radius 1 is 1.50 bits per heavy atom. The number of hydrogen-bond acceptors (Lipinski definition) is 3. The maximum atomic E-state index is 10.1. The highest BCUT2D eigenvalue weighted by atomic mass is 35.5. The minimum absolute atomic E-state index is 0.0335. The molecule has 1 fully saturated rings. The standard InChI is InChI=1S/C12H16ClNO2/c1-7-5-9(13)8(2)11(12(7)15)10-6-16-4-3-14-10/h5,10,14-15H,3-4,6H2,1-2H3. The summed E-state index contributed by atoms with van der Waals surface area (Å²) in [5.41, 5.74) is 2.59. The number of rotatable bonds is 1. The number of hydrogen-bond donors (Lipinski definition) is 2. The van der Waals surface area contributed by atoms with Gasteiger partial charge in [0.05, 0.1) is 19.3 Å². The van der Waals surface area contributed by atoms with E-state index >= 15 is 0 Å². The number of aromatic hydroxyl groups is 1. The van der Waals surface area contributed by atoms with Gasteiger partial charge in [-0.3, -0.25) is 0 Å². The van der Waals surface area contributed by atoms with Gasteiger partial charge in [-0.15, -0.1) is 0 Å². The third-order valence-corrected chi connectivity index (χ3v) is 3.40. The van der Waals surface area contributed by atoms with Gasteiger partial charge in [0.2, 0.25) is 0 Å². The van der Waals surface area contributed by atoms with Crippen molar-refractivity contribution in [2.75, 3.05) is 19.8 Å². The summed E-state index contributed by atoms with van der Waals surface area (Å²) in [7, 11) is 0. The number of aryl methyl sites for hydroxylation is 1. The smallest absolute Gasteiger partial charge is 0.123 e. The summed E-state index contributed by atoms with van der Waals surface area (Å²) in [4.78, 5) is 0. The van der Waals surface area contributed by atoms with E-state index in [1.54, 1.807) is 6.07 Å². The Morgan fingerprint density at radius 3 is 2.88 bits per heavy atom. The maximum Gasteiger partial charge on any atom is 0.123 e. The Morgan fingerprint density at radius 2 is 2.25 bits per heavy atom. The molecule has 1 aliphatic heterocycles. The van der Waals surface area contributed by atoms with E-state index in [1.807, 2.05) is 13.8 Å². The lowest BCUT2D eigenvalue weighted by Gasteiger charge is -2.27. The molecule has 3 nitrogen and oxygen atoms in total. The van der Waals surface area contributed by atoms with Crippen molar-refractivity contribution in [3.63, 3.8) is 0 Å². The van der Waals surface area contributed by atoms with Crippen LogP contribution in [0.4, 0.5) is 0 Å². The molecule has 0 bridgehead atoms. The fourth-order valence-electron chi connectivity index (χ4n) is 2.06. The molecule has 1 heterocycles. The quantitative estimate of drug-likeness (QED) is 0.793. The highest BCUT2D eigenvalue weighted by molar-refractivity contribution is 6.31. The molecule has 1 aliphatic rings. The highest BCUT2D eigenvalue weighted by Crippen LogP contribution is 2.35. The third kappa shape index (κ3) is 2.03. The first-order valence-electron chi connectivity index (χ1n) is 5.41. The summed E-state index contributed by atoms with van der Waals surface area (Å²) in [5.74, 6) is 0.324. The summed E-state index contributed by atoms with van der Waals surface area (Å²) in [6.45, 7) is 5.88. The molecule has 2 N–H and O–H groups in total. The van der Waals surface area contributed by atoms with Gasteiger partial charge in [0, 0.05) is 17.1 Å². The van der Waals surface area contributed by atoms with Gasteiger partial charge in [-0.1, -0.05) is 11.6 Å². The van der Waals surface area contributed by atoms with Gasteiger partial charge in [0.15, 0.2) is 0 Å². The number of nitrogens with one attached hydrogen (secondary N) is 1. The molecule has 1 aromatic rings. The minimum Gasteiger partial charge on any atom is -0.507 e. The Labute approximate surface area is 100 Å². The molecule has 0 radical (unpaired) electrons. The molecule has 1 atom stereocenters. The second kappa shape index (κ2) is 4.62. The summed E-state index contributed by atoms with van der Waals surface area (Å²) in [5, 5.41) is 14.1. The van der Waals surface area contributed by atoms with E-state index < -0.39 is 0 Å². The van der Waals surface area contributed by atoms with Crippen molar-refractivity contribution in [2.45, 2.75) is 19.9 Å². The van der Waals surface area contributed by atoms with Gasteiger partial charge in [-0.2, -0.15) is 0 Å². The lowest BCUT2D eigenvalue weighted by Crippen LogP contribution is -2.35. The zero-order valence-corrected chi connectivity index (χ0v) is 10.3. The molecule has 0 aromatic heterocycles. The van der Waals surface area contributed by atoms with Crippen molar-refractivity contribution in [2.24, 2.45) is 0 Å². The summed E-state index contributed by atoms with van der Waals surface area (Å²) < 4.78 is 5.41. The van der Waals surface area contributed by atoms with Crippen LogP contribution in [0.25, 0.3) is 0 Å². The molecule has 4 heteroatoms. The van der Waals surface area contributed by atoms with Crippen LogP contribution in [0.5, 0.6) is 5.75 Å². The van der Waals surface area contributed by atoms with E-state index in [1.165, 1.54) is 0 Å². The van der Waals surface area contributed by atoms with Crippen LogP contribution in [0.1, 0.15) is 22.7 Å². The zero-order chi connectivity index (χ0) is 11.7. The summed E-state index contributed by atoms with van der Waals surface area (Å²) >= 11 is 6.13. The number of ether oxygens (including phenoxy) is 1. The molecule has 0 spiro atoms. The molecule has 88 valence electrons. The number of phenols is 1. The van der Waals surface area contributed by atoms with Gasteiger partial charge in [-0.25, -0.2) is 0 Å². The first-order valence-corrected chi connectivity index (χ1v) is 5.78. The molecule has 2 rings (SSSR count). The Bertz CT molecular complexity index is 374. The second-order valence-corrected chi connectivity index (χ2v) is 4.55. The van der Waals surface area contributed by atoms with Crippen LogP contribution in [0.3, 0.4) is 0 Å². The van der Waals surface area contributed by atoms with Crippen LogP contribution >= 0.6 is 11.6 Å². The fourth-order valence-corrected chi connectivity index (χ4v) is 2.33. The van der Waals surface area contributed by atoms with Crippen LogP contribution in [-0.4, -0.2) is 24.9 Å². The number of benzene rings is 1. The van der Waals surface area contributed by atoms with Crippen molar-refractivity contribution >= 4 is 11.6 Å². The molecular formula is C12H16ClNO2. The third-order valence-electron chi connectivity index (χ3n) is 3.00. The minimum atomic E-state index is 0.0335. The van der Waals surface area contributed by atoms with E-state index in [0.717, 1.165) is 29.8 Å². The molecule has 1 saturated heterocycles. The predicted octanol–water partition coefficient (Wildman–Crippen LogP) is 2.32. The van der Waals surface area contributed by atoms with Crippen LogP contribution in [0.2, 0.25) is 5.02 Å². The first-order chi connectivity index (χ1) is 7.61. The number of halogens is 1. The largest absolute Gasteiger partial charge is 0.507 e. The monoisotopic (exact) mass is 241 g/mol. The molecule has 0 amide bonds. The molecule has 0 saturated carbocycles. The Hall–Kier alpha value is -0.770. The molecule has 1 unspecified atom stereocenters. The molecule has 1 aromatic carbocycles. The van der Waals surface area contributed by atoms with E-state index in [9.17, 15) is 5.11 Å². The van der Waals surface area contributed by atoms with Crippen LogP contribution in [-0.2, 0) is 4.74 Å². The summed E-state index contributed by atoms with van der Waals surface area (Å²) in [6, 6.07) is 1.82. The molecule has 0 aliphatic carbocycles. The normalized spacial score (nSPS) is 21.1. The van der Waals surface area contributed by atoms with Gasteiger partial charge >= 0.3 is 0 Å². The van der Waals surface area contributed by atoms with Crippen LogP contribution in [0.15, 0.2) is 6.07 Å². The van der Waals surface area contributed by atoms with E-state index in [-0.39, 0.29) is 6.04 Å². The van der Waals surface area contributed by atoms with E-state index in [2.05, 4.69) is 5.32 Å². The predicted molar refractivity (Wildman–Crippen MR) is 64.2 cm³/mol. The van der Waals surface area contributed by atoms with Crippen molar-refractivity contribution in [1.29, 1.82) is 0 Å². The second-order valence-electron chi connectivity index (χ2n) is 4.14. The molecular weight excluding hydrogens is 226 g/mol. The highest BCUT2D eigenvalue weighted by Gasteiger charge is 2.22. The van der Waals surface area contributed by atoms with E-state index in [4.69, 9.17) is 16.3 Å². The van der Waals surface area contributed by atoms with E-state index in [0.29, 0.717) is 17.4 Å². The summed E-state index contributed by atoms with van der Waals surface area (Å²) in [6.07, 6.45) is 0. The average Bonchev–Trinajstić information content (AvgIpc) is 2.28. The van der Waals surface area contributed by atoms with Crippen molar-refractivity contribution < 1.29 is 9.84 Å². The number of morpholine rings is 1. The maximum absolute atomic E-state index is 10.1. The first kappa shape index (κ1) is 11.7. The zero-order valence-electron chi connectivity index (χ0n) is 9.51. The Kier molecular flexibility index (Phi) is 3.38. The fraction of sp³-hybridized carbons (Fsp3) is 0.500. The average molecular weight is 242 g/mol. The number of phenolic OH excluding ortho intramolecular Hbond substituents is 1. The van der Waals surface area contributed by atoms with Crippen LogP contribution < -0.4 is 5.32 Å². The van der Waals surface area contributed by atoms with Crippen LogP contribution in [0, 0.1) is 13.8 Å². The lowest BCUT2D eigenvalue weighted by molar-refractivity contribution is 0.0758. The SMILES string of the molecule is Cc1cc(Cl)c(C)c(C2COCCN2)c1O. The lowest BCUT2D eigenvalue weighted by atomic mass is 9.97. The van der Waals surface area contributed by atoms with Gasteiger partial charge in [0.1, 0.15) is 5.75 Å². The molecule has 16 heavy (non-hydrogen) atoms. The topological polar surface area (TPSA) is 41.5 Å². The van der Waals surface area contributed by atoms with Crippen molar-refractivity contribution in [1.82, 2.24) is 5.32 Å². The van der Waals surface area contributed by atoms with Crippen molar-refractivity contribution in [3.05, 3.63) is 27.8 Å².